The molecule has 3 aromatic carbocycles. The van der Waals surface area contributed by atoms with Crippen LogP contribution in [0.15, 0.2) is 85.2 Å². The number of H-pyrrole nitrogens is 1. The van der Waals surface area contributed by atoms with E-state index in [9.17, 15) is 0 Å². The van der Waals surface area contributed by atoms with E-state index in [0.717, 1.165) is 39.0 Å². The van der Waals surface area contributed by atoms with Crippen LogP contribution < -0.4 is 4.74 Å². The number of nitrogens with one attached hydrogen (secondary N) is 1. The lowest BCUT2D eigenvalue weighted by molar-refractivity contribution is 0.488. The molecule has 120 valence electrons. The number of rotatable bonds is 3. The van der Waals surface area contributed by atoms with Gasteiger partial charge in [-0.3, -0.25) is 0 Å². The normalized spacial score (nSPS) is 11.2. The van der Waals surface area contributed by atoms with Crippen molar-refractivity contribution in [2.75, 3.05) is 0 Å². The average Bonchev–Trinajstić information content (AvgIpc) is 3.30. The van der Waals surface area contributed by atoms with Crippen LogP contribution in [0, 0.1) is 0 Å². The van der Waals surface area contributed by atoms with Crippen LogP contribution in [0.1, 0.15) is 0 Å². The molecule has 0 atom stereocenters. The maximum atomic E-state index is 6.24. The third-order valence-electron chi connectivity index (χ3n) is 4.31. The van der Waals surface area contributed by atoms with Gasteiger partial charge in [-0.25, -0.2) is 4.68 Å². The fraction of sp³-hybridized carbons (Fsp3) is 0. The molecule has 0 spiro atoms. The van der Waals surface area contributed by atoms with E-state index in [4.69, 9.17) is 4.74 Å². The fourth-order valence-corrected chi connectivity index (χ4v) is 3.19. The summed E-state index contributed by atoms with van der Waals surface area (Å²) >= 11 is 0. The van der Waals surface area contributed by atoms with Crippen LogP contribution in [0.2, 0.25) is 0 Å². The first-order valence-electron chi connectivity index (χ1n) is 8.16. The second-order valence-electron chi connectivity index (χ2n) is 5.90. The lowest BCUT2D eigenvalue weighted by atomic mass is 10.1. The van der Waals surface area contributed by atoms with E-state index in [-0.39, 0.29) is 0 Å². The summed E-state index contributed by atoms with van der Waals surface area (Å²) in [4.78, 5) is 3.44. The first-order valence-corrected chi connectivity index (χ1v) is 8.16. The van der Waals surface area contributed by atoms with Crippen molar-refractivity contribution in [3.8, 4) is 17.2 Å². The van der Waals surface area contributed by atoms with Gasteiger partial charge in [-0.2, -0.15) is 5.10 Å². The predicted molar refractivity (Wildman–Crippen MR) is 99.4 cm³/mol. The molecule has 0 saturated carbocycles. The standard InChI is InChI=1S/C21H15N3O/c1-2-9-18-17(8-1)21-19(23-18)10-4-11-20(21)25-16-7-3-6-15(14-16)24-13-5-12-22-24/h1-14,23H. The zero-order chi connectivity index (χ0) is 16.6. The van der Waals surface area contributed by atoms with E-state index in [2.05, 4.69) is 28.3 Å². The van der Waals surface area contributed by atoms with Gasteiger partial charge in [-0.05, 0) is 36.4 Å². The first kappa shape index (κ1) is 13.9. The van der Waals surface area contributed by atoms with E-state index in [1.165, 1.54) is 0 Å². The molecule has 0 amide bonds. The molecular weight excluding hydrogens is 310 g/mol. The van der Waals surface area contributed by atoms with Crippen LogP contribution in [0.25, 0.3) is 27.5 Å². The molecule has 4 nitrogen and oxygen atoms in total. The Hall–Kier alpha value is -3.53. The molecule has 0 bridgehead atoms. The number of nitrogens with zero attached hydrogens (tertiary/aromatic N) is 2. The van der Waals surface area contributed by atoms with Gasteiger partial charge in [0.2, 0.25) is 0 Å². The highest BCUT2D eigenvalue weighted by atomic mass is 16.5. The van der Waals surface area contributed by atoms with Gasteiger partial charge in [0.15, 0.2) is 0 Å². The molecule has 0 aliphatic carbocycles. The summed E-state index contributed by atoms with van der Waals surface area (Å²) in [5, 5.41) is 6.54. The Morgan fingerprint density at radius 3 is 2.64 bits per heavy atom. The Kier molecular flexibility index (Phi) is 3.07. The molecule has 0 fully saturated rings. The van der Waals surface area contributed by atoms with E-state index in [0.29, 0.717) is 0 Å². The number of benzene rings is 3. The number of aromatic nitrogens is 3. The van der Waals surface area contributed by atoms with Crippen LogP contribution >= 0.6 is 0 Å². The number of aromatic amines is 1. The summed E-state index contributed by atoms with van der Waals surface area (Å²) in [5.41, 5.74) is 3.15. The molecule has 25 heavy (non-hydrogen) atoms. The van der Waals surface area contributed by atoms with Crippen molar-refractivity contribution >= 4 is 21.8 Å². The third-order valence-corrected chi connectivity index (χ3v) is 4.31. The summed E-state index contributed by atoms with van der Waals surface area (Å²) in [6, 6.07) is 24.2. The molecule has 0 aliphatic rings. The molecule has 0 saturated heterocycles. The second-order valence-corrected chi connectivity index (χ2v) is 5.90. The fourth-order valence-electron chi connectivity index (χ4n) is 3.19. The van der Waals surface area contributed by atoms with Gasteiger partial charge in [0.05, 0.1) is 16.6 Å². The van der Waals surface area contributed by atoms with E-state index in [1.54, 1.807) is 6.20 Å². The Balaban J connectivity index is 1.62. The highest BCUT2D eigenvalue weighted by Gasteiger charge is 2.10. The Morgan fingerprint density at radius 1 is 0.840 bits per heavy atom. The SMILES string of the molecule is c1cc(Oc2cccc3[nH]c4ccccc4c23)cc(-n2cccn2)c1. The summed E-state index contributed by atoms with van der Waals surface area (Å²) in [7, 11) is 0. The molecule has 0 unspecified atom stereocenters. The summed E-state index contributed by atoms with van der Waals surface area (Å²) < 4.78 is 8.05. The van der Waals surface area contributed by atoms with Gasteiger partial charge < -0.3 is 9.72 Å². The molecular formula is C21H15N3O. The number of para-hydroxylation sites is 1. The Labute approximate surface area is 144 Å². The second kappa shape index (κ2) is 5.53. The van der Waals surface area contributed by atoms with Crippen molar-refractivity contribution in [2.45, 2.75) is 0 Å². The number of hydrogen-bond acceptors (Lipinski definition) is 2. The van der Waals surface area contributed by atoms with E-state index < -0.39 is 0 Å². The zero-order valence-corrected chi connectivity index (χ0v) is 13.4. The summed E-state index contributed by atoms with van der Waals surface area (Å²) in [6.07, 6.45) is 3.68. The van der Waals surface area contributed by atoms with Gasteiger partial charge in [0.1, 0.15) is 11.5 Å². The molecule has 2 heterocycles. The lowest BCUT2D eigenvalue weighted by Gasteiger charge is -2.09. The van der Waals surface area contributed by atoms with Gasteiger partial charge in [-0.1, -0.05) is 30.3 Å². The maximum absolute atomic E-state index is 6.24. The molecule has 0 radical (unpaired) electrons. The van der Waals surface area contributed by atoms with Crippen LogP contribution in [0.4, 0.5) is 0 Å². The van der Waals surface area contributed by atoms with Gasteiger partial charge in [0.25, 0.3) is 0 Å². The third kappa shape index (κ3) is 2.35. The Morgan fingerprint density at radius 2 is 1.72 bits per heavy atom. The van der Waals surface area contributed by atoms with Crippen molar-refractivity contribution in [1.82, 2.24) is 14.8 Å². The average molecular weight is 325 g/mol. The predicted octanol–water partition coefficient (Wildman–Crippen LogP) is 5.30. The van der Waals surface area contributed by atoms with Gasteiger partial charge >= 0.3 is 0 Å². The lowest BCUT2D eigenvalue weighted by Crippen LogP contribution is -1.94. The molecule has 2 aromatic heterocycles. The van der Waals surface area contributed by atoms with Gasteiger partial charge in [-0.15, -0.1) is 0 Å². The highest BCUT2D eigenvalue weighted by molar-refractivity contribution is 6.10. The number of fused-ring (bicyclic) bond motifs is 3. The van der Waals surface area contributed by atoms with Crippen LogP contribution in [0.3, 0.4) is 0 Å². The van der Waals surface area contributed by atoms with Gasteiger partial charge in [0, 0.05) is 29.4 Å². The zero-order valence-electron chi connectivity index (χ0n) is 13.4. The first-order chi connectivity index (χ1) is 12.4. The van der Waals surface area contributed by atoms with Crippen LogP contribution in [0.5, 0.6) is 11.5 Å². The minimum absolute atomic E-state index is 0.783. The van der Waals surface area contributed by atoms with Crippen LogP contribution in [-0.2, 0) is 0 Å². The van der Waals surface area contributed by atoms with Crippen LogP contribution in [-0.4, -0.2) is 14.8 Å². The minimum Gasteiger partial charge on any atom is -0.457 e. The quantitative estimate of drug-likeness (QED) is 0.489. The Bertz CT molecular complexity index is 1170. The molecule has 1 N–H and O–H groups in total. The summed E-state index contributed by atoms with van der Waals surface area (Å²) in [6.45, 7) is 0. The molecule has 0 aliphatic heterocycles. The van der Waals surface area contributed by atoms with Crippen molar-refractivity contribution in [1.29, 1.82) is 0 Å². The minimum atomic E-state index is 0.783. The van der Waals surface area contributed by atoms with Crippen molar-refractivity contribution in [2.24, 2.45) is 0 Å². The van der Waals surface area contributed by atoms with Crippen molar-refractivity contribution in [3.05, 3.63) is 85.2 Å². The smallest absolute Gasteiger partial charge is 0.137 e. The topological polar surface area (TPSA) is 42.8 Å². The van der Waals surface area contributed by atoms with Crippen molar-refractivity contribution in [3.63, 3.8) is 0 Å². The largest absolute Gasteiger partial charge is 0.457 e. The molecule has 5 aromatic rings. The number of ether oxygens (including phenoxy) is 1. The maximum Gasteiger partial charge on any atom is 0.137 e. The number of hydrogen-bond donors (Lipinski definition) is 1. The summed E-state index contributed by atoms with van der Waals surface area (Å²) in [5.74, 6) is 1.62. The van der Waals surface area contributed by atoms with E-state index in [1.807, 2.05) is 65.5 Å². The monoisotopic (exact) mass is 325 g/mol. The van der Waals surface area contributed by atoms with Crippen molar-refractivity contribution < 1.29 is 4.74 Å². The molecule has 4 heteroatoms. The molecule has 5 rings (SSSR count). The van der Waals surface area contributed by atoms with E-state index >= 15 is 0 Å². The highest BCUT2D eigenvalue weighted by Crippen LogP contribution is 2.35.